The monoisotopic (exact) mass is 318 g/mol. The van der Waals surface area contributed by atoms with Crippen LogP contribution in [-0.4, -0.2) is 68.3 Å². The molecule has 0 aliphatic rings. The van der Waals surface area contributed by atoms with E-state index in [9.17, 15) is 18.7 Å². The van der Waals surface area contributed by atoms with Gasteiger partial charge in [-0.15, -0.1) is 0 Å². The first kappa shape index (κ1) is 25.8. The number of hydrogen-bond acceptors (Lipinski definition) is 4. The Kier molecular flexibility index (Phi) is 14.7. The molecule has 20 heavy (non-hydrogen) atoms. The third-order valence-electron chi connectivity index (χ3n) is 2.18. The predicted molar refractivity (Wildman–Crippen MR) is 76.1 cm³/mol. The van der Waals surface area contributed by atoms with E-state index in [1.165, 1.54) is 0 Å². The number of rotatable bonds is 9. The van der Waals surface area contributed by atoms with Gasteiger partial charge in [-0.3, -0.25) is 18.7 Å². The van der Waals surface area contributed by atoms with Crippen molar-refractivity contribution in [2.75, 3.05) is 0 Å². The van der Waals surface area contributed by atoms with Crippen LogP contribution in [0.4, 0.5) is 0 Å². The summed E-state index contributed by atoms with van der Waals surface area (Å²) < 4.78 is 20.9. The summed E-state index contributed by atoms with van der Waals surface area (Å²) in [6.07, 6.45) is 0.982. The first-order valence-corrected chi connectivity index (χ1v) is 8.45. The van der Waals surface area contributed by atoms with Gasteiger partial charge in [0, 0.05) is 12.8 Å². The Labute approximate surface area is 140 Å². The Bertz CT molecular complexity index is 363. The zero-order chi connectivity index (χ0) is 14.4. The van der Waals surface area contributed by atoms with Crippen LogP contribution in [0, 0.1) is 0 Å². The fourth-order valence-electron chi connectivity index (χ4n) is 1.20. The molecule has 0 saturated carbocycles. The Hall–Kier alpha value is 0.835. The molecule has 0 aromatic rings. The Morgan fingerprint density at radius 3 is 1.10 bits per heavy atom. The van der Waals surface area contributed by atoms with Gasteiger partial charge in [-0.05, 0) is 12.8 Å². The summed E-state index contributed by atoms with van der Waals surface area (Å²) in [4.78, 5) is 55.6. The third kappa shape index (κ3) is 12.6. The van der Waals surface area contributed by atoms with Crippen molar-refractivity contribution in [3.05, 3.63) is 0 Å². The molecule has 0 aromatic heterocycles. The molecule has 0 aliphatic carbocycles. The van der Waals surface area contributed by atoms with E-state index < -0.39 is 26.2 Å². The van der Waals surface area contributed by atoms with Crippen molar-refractivity contribution in [2.24, 2.45) is 0 Å². The minimum atomic E-state index is -4.65. The molecule has 0 atom stereocenters. The molecule has 0 amide bonds. The van der Waals surface area contributed by atoms with Crippen molar-refractivity contribution < 1.29 is 38.3 Å². The summed E-state index contributed by atoms with van der Waals surface area (Å²) in [6, 6.07) is 0. The molecule has 0 saturated heterocycles. The zero-order valence-corrected chi connectivity index (χ0v) is 11.3. The second kappa shape index (κ2) is 11.4. The molecule has 0 fully saturated rings. The number of unbranched alkanes of at least 4 members (excludes halogenated alkanes) is 3. The van der Waals surface area contributed by atoms with Crippen molar-refractivity contribution >= 4 is 64.0 Å². The molecule has 0 heterocycles. The maximum absolute atomic E-state index is 10.8. The molecule has 0 aliphatic heterocycles. The van der Waals surface area contributed by atoms with Gasteiger partial charge in [0.05, 0.1) is 0 Å². The van der Waals surface area contributed by atoms with Gasteiger partial charge < -0.3 is 19.6 Å². The predicted octanol–water partition coefficient (Wildman–Crippen LogP) is -0.561. The third-order valence-corrected chi connectivity index (χ3v) is 3.93. The van der Waals surface area contributed by atoms with Gasteiger partial charge in [-0.2, -0.15) is 0 Å². The van der Waals surface area contributed by atoms with Gasteiger partial charge >= 0.3 is 52.9 Å². The Balaban J connectivity index is -0.00000144. The average Bonchev–Trinajstić information content (AvgIpc) is 2.19. The maximum atomic E-state index is 10.8. The number of hydrogen-bond donors (Lipinski definition) is 4. The average molecular weight is 318 g/mol. The molecular formula is C8H18Li2O8P2. The van der Waals surface area contributed by atoms with Crippen LogP contribution >= 0.6 is 15.2 Å². The van der Waals surface area contributed by atoms with Crippen LogP contribution in [0.25, 0.3) is 0 Å². The second-order valence-electron chi connectivity index (χ2n) is 3.79. The molecule has 12 heteroatoms. The summed E-state index contributed by atoms with van der Waals surface area (Å²) in [5, 5.41) is 0. The molecule has 0 rings (SSSR count). The van der Waals surface area contributed by atoms with Gasteiger partial charge in [0.1, 0.15) is 0 Å². The van der Waals surface area contributed by atoms with Gasteiger partial charge in [0.25, 0.3) is 0 Å². The Morgan fingerprint density at radius 1 is 0.650 bits per heavy atom. The topological polar surface area (TPSA) is 149 Å². The molecule has 0 radical (unpaired) electrons. The van der Waals surface area contributed by atoms with Crippen LogP contribution < -0.4 is 0 Å². The quantitative estimate of drug-likeness (QED) is 0.251. The van der Waals surface area contributed by atoms with Crippen molar-refractivity contribution in [3.8, 4) is 0 Å². The standard InChI is InChI=1S/C8H16O8P2.2Li.2H/c9-7(17(11,12)13)5-3-1-2-4-6-8(10)18(14,15)16;;;;/h1-6H2,(H2,11,12,13)(H2,14,15,16);;;;. The molecule has 0 bridgehead atoms. The molecule has 8 nitrogen and oxygen atoms in total. The Morgan fingerprint density at radius 2 is 0.900 bits per heavy atom. The van der Waals surface area contributed by atoms with Crippen molar-refractivity contribution in [2.45, 2.75) is 38.5 Å². The summed E-state index contributed by atoms with van der Waals surface area (Å²) in [5.74, 6) is 0. The van der Waals surface area contributed by atoms with Crippen molar-refractivity contribution in [1.29, 1.82) is 0 Å². The summed E-state index contributed by atoms with van der Waals surface area (Å²) in [5.41, 5.74) is -2.23. The first-order valence-electron chi connectivity index (χ1n) is 5.23. The fraction of sp³-hybridized carbons (Fsp3) is 0.750. The molecular weight excluding hydrogens is 300 g/mol. The van der Waals surface area contributed by atoms with E-state index in [-0.39, 0.29) is 63.4 Å². The SMILES string of the molecule is O=C(CCCCCCC(=O)P(=O)(O)O)P(=O)(O)O.[LiH].[LiH]. The van der Waals surface area contributed by atoms with Crippen LogP contribution in [0.1, 0.15) is 38.5 Å². The molecule has 4 N–H and O–H groups in total. The van der Waals surface area contributed by atoms with E-state index >= 15 is 0 Å². The second-order valence-corrected chi connectivity index (χ2v) is 6.96. The number of carbonyl (C=O) groups excluding carboxylic acids is 2. The molecule has 0 aromatic carbocycles. The van der Waals surface area contributed by atoms with E-state index in [0.29, 0.717) is 12.8 Å². The van der Waals surface area contributed by atoms with E-state index in [1.807, 2.05) is 0 Å². The van der Waals surface area contributed by atoms with Crippen LogP contribution in [0.3, 0.4) is 0 Å². The van der Waals surface area contributed by atoms with Crippen LogP contribution in [-0.2, 0) is 18.7 Å². The van der Waals surface area contributed by atoms with Crippen LogP contribution in [0.5, 0.6) is 0 Å². The first-order chi connectivity index (χ1) is 8.05. The van der Waals surface area contributed by atoms with Crippen LogP contribution in [0.15, 0.2) is 0 Å². The normalized spacial score (nSPS) is 11.2. The van der Waals surface area contributed by atoms with Gasteiger partial charge in [-0.1, -0.05) is 12.8 Å². The molecule has 0 spiro atoms. The summed E-state index contributed by atoms with van der Waals surface area (Å²) >= 11 is 0. The fourth-order valence-corrected chi connectivity index (χ4v) is 2.10. The molecule has 0 unspecified atom stereocenters. The van der Waals surface area contributed by atoms with E-state index in [1.54, 1.807) is 0 Å². The summed E-state index contributed by atoms with van der Waals surface area (Å²) in [6.45, 7) is 0. The number of carbonyl (C=O) groups is 2. The van der Waals surface area contributed by atoms with E-state index in [4.69, 9.17) is 19.6 Å². The molecule has 110 valence electrons. The van der Waals surface area contributed by atoms with Crippen molar-refractivity contribution in [3.63, 3.8) is 0 Å². The van der Waals surface area contributed by atoms with Gasteiger partial charge in [-0.25, -0.2) is 0 Å². The van der Waals surface area contributed by atoms with Crippen LogP contribution in [0.2, 0.25) is 0 Å². The minimum absolute atomic E-state index is 0. The van der Waals surface area contributed by atoms with E-state index in [2.05, 4.69) is 0 Å². The van der Waals surface area contributed by atoms with Gasteiger partial charge in [0.15, 0.2) is 0 Å². The zero-order valence-electron chi connectivity index (χ0n) is 9.56. The summed E-state index contributed by atoms with van der Waals surface area (Å²) in [7, 11) is -9.29. The van der Waals surface area contributed by atoms with Crippen molar-refractivity contribution in [1.82, 2.24) is 0 Å². The van der Waals surface area contributed by atoms with Gasteiger partial charge in [0.2, 0.25) is 11.0 Å². The van der Waals surface area contributed by atoms with E-state index in [0.717, 1.165) is 0 Å².